The second-order valence-electron chi connectivity index (χ2n) is 6.11. The lowest BCUT2D eigenvalue weighted by atomic mass is 10.2. The predicted octanol–water partition coefficient (Wildman–Crippen LogP) is 3.21. The Morgan fingerprint density at radius 1 is 0.963 bits per heavy atom. The van der Waals surface area contributed by atoms with E-state index in [0.717, 1.165) is 19.3 Å². The second-order valence-corrected chi connectivity index (χ2v) is 6.11. The highest BCUT2D eigenvalue weighted by Crippen LogP contribution is 2.16. The SMILES string of the molecule is CCCCCNC(=O)c1ccnc(C(=O)Nc2cccc(NC(C)=O)c2)c1. The van der Waals surface area contributed by atoms with E-state index >= 15 is 0 Å². The van der Waals surface area contributed by atoms with E-state index < -0.39 is 5.91 Å². The summed E-state index contributed by atoms with van der Waals surface area (Å²) in [6, 6.07) is 9.82. The van der Waals surface area contributed by atoms with E-state index in [0.29, 0.717) is 23.5 Å². The largest absolute Gasteiger partial charge is 0.352 e. The number of benzene rings is 1. The van der Waals surface area contributed by atoms with Crippen LogP contribution >= 0.6 is 0 Å². The molecule has 142 valence electrons. The minimum Gasteiger partial charge on any atom is -0.352 e. The average Bonchev–Trinajstić information content (AvgIpc) is 2.65. The molecule has 0 aliphatic heterocycles. The van der Waals surface area contributed by atoms with Crippen LogP contribution < -0.4 is 16.0 Å². The zero-order chi connectivity index (χ0) is 19.6. The minimum absolute atomic E-state index is 0.140. The number of rotatable bonds is 8. The topological polar surface area (TPSA) is 100 Å². The van der Waals surface area contributed by atoms with Crippen LogP contribution in [-0.4, -0.2) is 29.3 Å². The summed E-state index contributed by atoms with van der Waals surface area (Å²) in [5.41, 5.74) is 1.62. The average molecular weight is 368 g/mol. The van der Waals surface area contributed by atoms with E-state index in [2.05, 4.69) is 27.9 Å². The number of amides is 3. The van der Waals surface area contributed by atoms with Gasteiger partial charge in [-0.15, -0.1) is 0 Å². The standard InChI is InChI=1S/C20H24N4O3/c1-3-4-5-10-22-19(26)15-9-11-21-18(12-15)20(27)24-17-8-6-7-16(13-17)23-14(2)25/h6-9,11-13H,3-5,10H2,1-2H3,(H,22,26)(H,23,25)(H,24,27). The van der Waals surface area contributed by atoms with Crippen molar-refractivity contribution in [2.24, 2.45) is 0 Å². The first-order valence-electron chi connectivity index (χ1n) is 8.93. The number of anilines is 2. The fourth-order valence-corrected chi connectivity index (χ4v) is 2.45. The highest BCUT2D eigenvalue weighted by atomic mass is 16.2. The first-order valence-corrected chi connectivity index (χ1v) is 8.93. The summed E-state index contributed by atoms with van der Waals surface area (Å²) < 4.78 is 0. The molecule has 0 saturated carbocycles. The van der Waals surface area contributed by atoms with Crippen molar-refractivity contribution >= 4 is 29.1 Å². The van der Waals surface area contributed by atoms with Crippen LogP contribution in [0.2, 0.25) is 0 Å². The number of nitrogens with zero attached hydrogens (tertiary/aromatic N) is 1. The summed E-state index contributed by atoms with van der Waals surface area (Å²) in [5, 5.41) is 8.20. The van der Waals surface area contributed by atoms with E-state index in [1.54, 1.807) is 30.3 Å². The number of nitrogens with one attached hydrogen (secondary N) is 3. The van der Waals surface area contributed by atoms with Crippen LogP contribution in [-0.2, 0) is 4.79 Å². The Labute approximate surface area is 158 Å². The molecule has 1 aromatic heterocycles. The number of hydrogen-bond acceptors (Lipinski definition) is 4. The van der Waals surface area contributed by atoms with Crippen LogP contribution in [0.3, 0.4) is 0 Å². The van der Waals surface area contributed by atoms with Crippen molar-refractivity contribution in [2.45, 2.75) is 33.1 Å². The fraction of sp³-hybridized carbons (Fsp3) is 0.300. The molecule has 0 spiro atoms. The molecule has 7 nitrogen and oxygen atoms in total. The maximum absolute atomic E-state index is 12.4. The molecule has 0 radical (unpaired) electrons. The number of carbonyl (C=O) groups is 3. The molecule has 0 bridgehead atoms. The summed E-state index contributed by atoms with van der Waals surface area (Å²) in [4.78, 5) is 39.8. The van der Waals surface area contributed by atoms with E-state index in [1.807, 2.05) is 0 Å². The number of pyridine rings is 1. The predicted molar refractivity (Wildman–Crippen MR) is 105 cm³/mol. The summed E-state index contributed by atoms with van der Waals surface area (Å²) in [5.74, 6) is -0.858. The molecule has 3 N–H and O–H groups in total. The smallest absolute Gasteiger partial charge is 0.274 e. The van der Waals surface area contributed by atoms with E-state index in [-0.39, 0.29) is 17.5 Å². The lowest BCUT2D eigenvalue weighted by Gasteiger charge is -2.09. The van der Waals surface area contributed by atoms with Crippen molar-refractivity contribution < 1.29 is 14.4 Å². The van der Waals surface area contributed by atoms with Crippen molar-refractivity contribution in [2.75, 3.05) is 17.2 Å². The van der Waals surface area contributed by atoms with Crippen molar-refractivity contribution in [1.82, 2.24) is 10.3 Å². The molecule has 2 rings (SSSR count). The Bertz CT molecular complexity index is 820. The summed E-state index contributed by atoms with van der Waals surface area (Å²) in [6.45, 7) is 4.11. The molecule has 0 aliphatic carbocycles. The van der Waals surface area contributed by atoms with Gasteiger partial charge < -0.3 is 16.0 Å². The van der Waals surface area contributed by atoms with Crippen molar-refractivity contribution in [3.8, 4) is 0 Å². The van der Waals surface area contributed by atoms with Crippen molar-refractivity contribution in [1.29, 1.82) is 0 Å². The molecule has 2 aromatic rings. The summed E-state index contributed by atoms with van der Waals surface area (Å²) in [7, 11) is 0. The number of hydrogen-bond donors (Lipinski definition) is 3. The Balaban J connectivity index is 2.02. The second kappa shape index (κ2) is 10.1. The summed E-state index contributed by atoms with van der Waals surface area (Å²) in [6.07, 6.45) is 4.50. The van der Waals surface area contributed by atoms with E-state index in [4.69, 9.17) is 0 Å². The highest BCUT2D eigenvalue weighted by Gasteiger charge is 2.12. The molecule has 0 aliphatic rings. The van der Waals surface area contributed by atoms with Gasteiger partial charge in [0, 0.05) is 36.6 Å². The third-order valence-corrected chi connectivity index (χ3v) is 3.76. The third kappa shape index (κ3) is 6.54. The quantitative estimate of drug-likeness (QED) is 0.623. The summed E-state index contributed by atoms with van der Waals surface area (Å²) >= 11 is 0. The van der Waals surface area contributed by atoms with Gasteiger partial charge in [0.1, 0.15) is 5.69 Å². The van der Waals surface area contributed by atoms with Crippen LogP contribution in [0.1, 0.15) is 54.0 Å². The lowest BCUT2D eigenvalue weighted by Crippen LogP contribution is -2.25. The van der Waals surface area contributed by atoms with Gasteiger partial charge in [0.05, 0.1) is 0 Å². The number of unbranched alkanes of at least 4 members (excludes halogenated alkanes) is 2. The molecule has 0 unspecified atom stereocenters. The maximum atomic E-state index is 12.4. The fourth-order valence-electron chi connectivity index (χ4n) is 2.45. The van der Waals surface area contributed by atoms with Gasteiger partial charge in [-0.2, -0.15) is 0 Å². The van der Waals surface area contributed by atoms with Gasteiger partial charge in [0.15, 0.2) is 0 Å². The molecule has 1 heterocycles. The molecule has 0 saturated heterocycles. The molecule has 27 heavy (non-hydrogen) atoms. The monoisotopic (exact) mass is 368 g/mol. The number of aromatic nitrogens is 1. The normalized spacial score (nSPS) is 10.1. The van der Waals surface area contributed by atoms with Crippen LogP contribution in [0, 0.1) is 0 Å². The van der Waals surface area contributed by atoms with Crippen LogP contribution in [0.25, 0.3) is 0 Å². The highest BCUT2D eigenvalue weighted by molar-refractivity contribution is 6.05. The van der Waals surface area contributed by atoms with E-state index in [9.17, 15) is 14.4 Å². The molecule has 0 fully saturated rings. The molecule has 3 amide bonds. The molecule has 1 aromatic carbocycles. The Morgan fingerprint density at radius 3 is 2.41 bits per heavy atom. The van der Waals surface area contributed by atoms with E-state index in [1.165, 1.54) is 19.2 Å². The lowest BCUT2D eigenvalue weighted by molar-refractivity contribution is -0.114. The van der Waals surface area contributed by atoms with Gasteiger partial charge >= 0.3 is 0 Å². The van der Waals surface area contributed by atoms with Gasteiger partial charge in [0.25, 0.3) is 11.8 Å². The Kier molecular flexibility index (Phi) is 7.49. The Morgan fingerprint density at radius 2 is 1.70 bits per heavy atom. The molecule has 7 heteroatoms. The molecular formula is C20H24N4O3. The van der Waals surface area contributed by atoms with Gasteiger partial charge in [-0.25, -0.2) is 0 Å². The minimum atomic E-state index is -0.435. The van der Waals surface area contributed by atoms with Crippen molar-refractivity contribution in [3.05, 3.63) is 53.9 Å². The van der Waals surface area contributed by atoms with Crippen LogP contribution in [0.4, 0.5) is 11.4 Å². The van der Waals surface area contributed by atoms with Gasteiger partial charge in [-0.1, -0.05) is 25.8 Å². The molecule has 0 atom stereocenters. The molecular weight excluding hydrogens is 344 g/mol. The van der Waals surface area contributed by atoms with Crippen LogP contribution in [0.15, 0.2) is 42.6 Å². The van der Waals surface area contributed by atoms with Gasteiger partial charge in [0.2, 0.25) is 5.91 Å². The van der Waals surface area contributed by atoms with Gasteiger partial charge in [-0.3, -0.25) is 19.4 Å². The maximum Gasteiger partial charge on any atom is 0.274 e. The van der Waals surface area contributed by atoms with Crippen LogP contribution in [0.5, 0.6) is 0 Å². The third-order valence-electron chi connectivity index (χ3n) is 3.76. The Hall–Kier alpha value is -3.22. The van der Waals surface area contributed by atoms with Crippen molar-refractivity contribution in [3.63, 3.8) is 0 Å². The number of carbonyl (C=O) groups excluding carboxylic acids is 3. The zero-order valence-electron chi connectivity index (χ0n) is 15.5. The zero-order valence-corrected chi connectivity index (χ0v) is 15.5. The van der Waals surface area contributed by atoms with Gasteiger partial charge in [-0.05, 0) is 36.8 Å². The first kappa shape index (κ1) is 20.1. The first-order chi connectivity index (χ1) is 13.0.